The van der Waals surface area contributed by atoms with Crippen LogP contribution >= 0.6 is 11.3 Å². The third-order valence-corrected chi connectivity index (χ3v) is 4.19. The van der Waals surface area contributed by atoms with E-state index < -0.39 is 0 Å². The largest absolute Gasteiger partial charge is 0.352 e. The molecule has 1 unspecified atom stereocenters. The van der Waals surface area contributed by atoms with Crippen LogP contribution in [0.5, 0.6) is 0 Å². The molecule has 1 atom stereocenters. The molecule has 6 nitrogen and oxygen atoms in total. The number of carbonyl (C=O) groups is 2. The predicted molar refractivity (Wildman–Crippen MR) is 91.4 cm³/mol. The van der Waals surface area contributed by atoms with Gasteiger partial charge in [-0.05, 0) is 26.0 Å². The number of aromatic nitrogens is 1. The Morgan fingerprint density at radius 2 is 2.00 bits per heavy atom. The fourth-order valence-electron chi connectivity index (χ4n) is 2.20. The zero-order chi connectivity index (χ0) is 16.8. The summed E-state index contributed by atoms with van der Waals surface area (Å²) >= 11 is 1.65. The number of thiazole rings is 1. The van der Waals surface area contributed by atoms with Gasteiger partial charge in [0.2, 0.25) is 5.91 Å². The van der Waals surface area contributed by atoms with Gasteiger partial charge in [-0.15, -0.1) is 11.3 Å². The summed E-state index contributed by atoms with van der Waals surface area (Å²) in [6.45, 7) is 4.78. The van der Waals surface area contributed by atoms with Crippen LogP contribution in [0.15, 0.2) is 24.3 Å². The van der Waals surface area contributed by atoms with E-state index in [2.05, 4.69) is 15.6 Å². The number of para-hydroxylation sites is 1. The molecule has 0 spiro atoms. The SMILES string of the molecule is CC(C)NC(=O)CNC(=O)C[NH+](C)Cc1nc2ccccc2s1. The number of hydrogen-bond acceptors (Lipinski definition) is 4. The van der Waals surface area contributed by atoms with Crippen molar-refractivity contribution in [1.82, 2.24) is 15.6 Å². The first-order chi connectivity index (χ1) is 10.9. The standard InChI is InChI=1S/C16H22N4O2S/c1-11(2)18-14(21)8-17-15(22)9-20(3)10-16-19-12-6-4-5-7-13(12)23-16/h4-7,11H,8-10H2,1-3H3,(H,17,22)(H,18,21)/p+1. The lowest BCUT2D eigenvalue weighted by atomic mass is 10.3. The summed E-state index contributed by atoms with van der Waals surface area (Å²) in [5.41, 5.74) is 0.995. The highest BCUT2D eigenvalue weighted by Crippen LogP contribution is 2.20. The Morgan fingerprint density at radius 3 is 2.70 bits per heavy atom. The van der Waals surface area contributed by atoms with Crippen molar-refractivity contribution in [3.8, 4) is 0 Å². The van der Waals surface area contributed by atoms with Crippen molar-refractivity contribution in [2.24, 2.45) is 0 Å². The van der Waals surface area contributed by atoms with Crippen molar-refractivity contribution in [2.45, 2.75) is 26.4 Å². The molecular formula is C16H23N4O2S+. The van der Waals surface area contributed by atoms with Gasteiger partial charge < -0.3 is 15.5 Å². The smallest absolute Gasteiger partial charge is 0.275 e. The van der Waals surface area contributed by atoms with E-state index in [0.717, 1.165) is 20.1 Å². The normalized spacial score (nSPS) is 12.3. The molecule has 1 aromatic heterocycles. The molecule has 3 N–H and O–H groups in total. The maximum atomic E-state index is 11.9. The van der Waals surface area contributed by atoms with Crippen LogP contribution in [0.4, 0.5) is 0 Å². The molecule has 0 radical (unpaired) electrons. The van der Waals surface area contributed by atoms with E-state index in [9.17, 15) is 9.59 Å². The molecule has 23 heavy (non-hydrogen) atoms. The number of benzene rings is 1. The predicted octanol–water partition coefficient (Wildman–Crippen LogP) is -0.0482. The van der Waals surface area contributed by atoms with Crippen molar-refractivity contribution in [3.63, 3.8) is 0 Å². The van der Waals surface area contributed by atoms with E-state index in [1.165, 1.54) is 0 Å². The molecule has 0 aliphatic carbocycles. The van der Waals surface area contributed by atoms with Gasteiger partial charge in [-0.2, -0.15) is 0 Å². The van der Waals surface area contributed by atoms with E-state index in [-0.39, 0.29) is 24.4 Å². The third-order valence-electron chi connectivity index (χ3n) is 3.15. The van der Waals surface area contributed by atoms with E-state index >= 15 is 0 Å². The van der Waals surface area contributed by atoms with Crippen LogP contribution in [0, 0.1) is 0 Å². The highest BCUT2D eigenvalue weighted by atomic mass is 32.1. The van der Waals surface area contributed by atoms with Gasteiger partial charge in [0.25, 0.3) is 5.91 Å². The number of quaternary nitrogens is 1. The van der Waals surface area contributed by atoms with Crippen LogP contribution in [-0.4, -0.2) is 43.0 Å². The van der Waals surface area contributed by atoms with Gasteiger partial charge in [0.05, 0.1) is 23.8 Å². The number of carbonyl (C=O) groups excluding carboxylic acids is 2. The minimum atomic E-state index is -0.169. The number of nitrogens with zero attached hydrogens (tertiary/aromatic N) is 1. The Labute approximate surface area is 139 Å². The summed E-state index contributed by atoms with van der Waals surface area (Å²) in [5, 5.41) is 6.39. The molecule has 1 aromatic carbocycles. The first-order valence-electron chi connectivity index (χ1n) is 7.66. The summed E-state index contributed by atoms with van der Waals surface area (Å²) < 4.78 is 1.16. The average molecular weight is 335 g/mol. The number of rotatable bonds is 7. The fourth-order valence-corrected chi connectivity index (χ4v) is 3.29. The van der Waals surface area contributed by atoms with E-state index in [1.807, 2.05) is 45.2 Å². The zero-order valence-corrected chi connectivity index (χ0v) is 14.5. The maximum Gasteiger partial charge on any atom is 0.275 e. The van der Waals surface area contributed by atoms with Crippen molar-refractivity contribution in [1.29, 1.82) is 0 Å². The molecule has 7 heteroatoms. The molecule has 2 rings (SSSR count). The molecule has 0 aliphatic heterocycles. The molecule has 2 amide bonds. The Morgan fingerprint density at radius 1 is 1.26 bits per heavy atom. The topological polar surface area (TPSA) is 75.5 Å². The summed E-state index contributed by atoms with van der Waals surface area (Å²) in [5.74, 6) is -0.306. The molecule has 2 aromatic rings. The van der Waals surface area contributed by atoms with Crippen LogP contribution in [0.25, 0.3) is 10.2 Å². The van der Waals surface area contributed by atoms with Gasteiger partial charge in [-0.25, -0.2) is 4.98 Å². The first kappa shape index (κ1) is 17.4. The quantitative estimate of drug-likeness (QED) is 0.664. The molecule has 0 saturated carbocycles. The van der Waals surface area contributed by atoms with E-state index in [4.69, 9.17) is 0 Å². The fraction of sp³-hybridized carbons (Fsp3) is 0.438. The average Bonchev–Trinajstić information content (AvgIpc) is 2.86. The maximum absolute atomic E-state index is 11.9. The van der Waals surface area contributed by atoms with Gasteiger partial charge in [0.15, 0.2) is 6.54 Å². The Hall–Kier alpha value is -1.99. The number of amides is 2. The van der Waals surface area contributed by atoms with Crippen LogP contribution in [0.2, 0.25) is 0 Å². The summed E-state index contributed by atoms with van der Waals surface area (Å²) in [4.78, 5) is 29.0. The van der Waals surface area contributed by atoms with Crippen LogP contribution in [-0.2, 0) is 16.1 Å². The van der Waals surface area contributed by atoms with Gasteiger partial charge in [0.1, 0.15) is 11.6 Å². The Bertz CT molecular complexity index is 651. The lowest BCUT2D eigenvalue weighted by Crippen LogP contribution is -3.08. The molecule has 124 valence electrons. The Balaban J connectivity index is 1.78. The summed E-state index contributed by atoms with van der Waals surface area (Å²) in [6, 6.07) is 8.08. The lowest BCUT2D eigenvalue weighted by molar-refractivity contribution is -0.885. The first-order valence-corrected chi connectivity index (χ1v) is 8.47. The zero-order valence-electron chi connectivity index (χ0n) is 13.7. The van der Waals surface area contributed by atoms with E-state index in [1.54, 1.807) is 11.3 Å². The van der Waals surface area contributed by atoms with Crippen molar-refractivity contribution >= 4 is 33.4 Å². The van der Waals surface area contributed by atoms with Crippen molar-refractivity contribution in [3.05, 3.63) is 29.3 Å². The third kappa shape index (κ3) is 5.61. The lowest BCUT2D eigenvalue weighted by Gasteiger charge is -2.13. The minimum absolute atomic E-state index is 0.0193. The van der Waals surface area contributed by atoms with Gasteiger partial charge >= 0.3 is 0 Å². The van der Waals surface area contributed by atoms with Crippen molar-refractivity contribution < 1.29 is 14.5 Å². The number of likely N-dealkylation sites (N-methyl/N-ethyl adjacent to an activating group) is 1. The van der Waals surface area contributed by atoms with Crippen molar-refractivity contribution in [2.75, 3.05) is 20.1 Å². The highest BCUT2D eigenvalue weighted by molar-refractivity contribution is 7.18. The van der Waals surface area contributed by atoms with Gasteiger partial charge in [-0.1, -0.05) is 12.1 Å². The minimum Gasteiger partial charge on any atom is -0.352 e. The molecule has 1 heterocycles. The monoisotopic (exact) mass is 335 g/mol. The van der Waals surface area contributed by atoms with Crippen LogP contribution in [0.1, 0.15) is 18.9 Å². The second-order valence-electron chi connectivity index (χ2n) is 5.88. The Kier molecular flexibility index (Phi) is 6.06. The van der Waals surface area contributed by atoms with Gasteiger partial charge in [0, 0.05) is 6.04 Å². The van der Waals surface area contributed by atoms with Crippen LogP contribution in [0.3, 0.4) is 0 Å². The van der Waals surface area contributed by atoms with E-state index in [0.29, 0.717) is 13.1 Å². The molecular weight excluding hydrogens is 312 g/mol. The summed E-state index contributed by atoms with van der Waals surface area (Å²) in [6.07, 6.45) is 0. The molecule has 0 fully saturated rings. The number of fused-ring (bicyclic) bond motifs is 1. The molecule has 0 bridgehead atoms. The summed E-state index contributed by atoms with van der Waals surface area (Å²) in [7, 11) is 1.94. The van der Waals surface area contributed by atoms with Crippen LogP contribution < -0.4 is 15.5 Å². The number of nitrogens with one attached hydrogen (secondary N) is 3. The highest BCUT2D eigenvalue weighted by Gasteiger charge is 2.14. The number of hydrogen-bond donors (Lipinski definition) is 3. The second kappa shape index (κ2) is 8.03. The molecule has 0 saturated heterocycles. The second-order valence-corrected chi connectivity index (χ2v) is 7.00. The van der Waals surface area contributed by atoms with Gasteiger partial charge in [-0.3, -0.25) is 9.59 Å². The molecule has 0 aliphatic rings.